The molecular formula is C25H24F2N6. The first-order valence-corrected chi connectivity index (χ1v) is 11.1. The molecule has 33 heavy (non-hydrogen) atoms. The predicted octanol–water partition coefficient (Wildman–Crippen LogP) is 5.22. The van der Waals surface area contributed by atoms with Crippen LogP contribution in [0.4, 0.5) is 26.2 Å². The number of pyridine rings is 1. The zero-order chi connectivity index (χ0) is 22.6. The van der Waals surface area contributed by atoms with Crippen molar-refractivity contribution in [2.75, 3.05) is 36.8 Å². The van der Waals surface area contributed by atoms with Crippen molar-refractivity contribution < 1.29 is 8.78 Å². The Morgan fingerprint density at radius 3 is 2.61 bits per heavy atom. The molecule has 0 amide bonds. The molecule has 1 aliphatic rings. The van der Waals surface area contributed by atoms with E-state index in [9.17, 15) is 8.78 Å². The van der Waals surface area contributed by atoms with Gasteiger partial charge in [-0.1, -0.05) is 18.2 Å². The minimum absolute atomic E-state index is 0.110. The van der Waals surface area contributed by atoms with Crippen molar-refractivity contribution >= 4 is 28.4 Å². The molecule has 0 aliphatic carbocycles. The van der Waals surface area contributed by atoms with Crippen molar-refractivity contribution in [1.29, 1.82) is 0 Å². The smallest absolute Gasteiger partial charge is 0.227 e. The van der Waals surface area contributed by atoms with Gasteiger partial charge < -0.3 is 15.5 Å². The van der Waals surface area contributed by atoms with Gasteiger partial charge >= 0.3 is 0 Å². The summed E-state index contributed by atoms with van der Waals surface area (Å²) in [6, 6.07) is 13.1. The Kier molecular flexibility index (Phi) is 6.08. The number of hydrogen-bond acceptors (Lipinski definition) is 6. The van der Waals surface area contributed by atoms with Crippen molar-refractivity contribution in [1.82, 2.24) is 19.9 Å². The van der Waals surface area contributed by atoms with Gasteiger partial charge in [0.05, 0.1) is 11.2 Å². The molecule has 2 aromatic carbocycles. The number of anilines is 3. The lowest BCUT2D eigenvalue weighted by atomic mass is 10.0. The summed E-state index contributed by atoms with van der Waals surface area (Å²) in [7, 11) is 0. The summed E-state index contributed by atoms with van der Waals surface area (Å²) in [6.45, 7) is 4.25. The van der Waals surface area contributed by atoms with Crippen LogP contribution in [0.1, 0.15) is 12.8 Å². The van der Waals surface area contributed by atoms with Crippen molar-refractivity contribution in [3.8, 4) is 11.1 Å². The Morgan fingerprint density at radius 1 is 0.939 bits per heavy atom. The fourth-order valence-electron chi connectivity index (χ4n) is 4.07. The minimum Gasteiger partial charge on any atom is -0.369 e. The van der Waals surface area contributed by atoms with Crippen LogP contribution >= 0.6 is 0 Å². The Morgan fingerprint density at radius 2 is 1.82 bits per heavy atom. The highest BCUT2D eigenvalue weighted by Crippen LogP contribution is 2.28. The number of hydrogen-bond donors (Lipinski definition) is 2. The third-order valence-corrected chi connectivity index (χ3v) is 5.80. The Hall–Kier alpha value is -3.65. The average molecular weight is 447 g/mol. The van der Waals surface area contributed by atoms with Crippen molar-refractivity contribution in [3.63, 3.8) is 0 Å². The number of fused-ring (bicyclic) bond motifs is 1. The SMILES string of the molecule is Fc1ccc(Nc2ncc3cccc(-c4ccc(NCCN5CCCC5)nc4)c3n2)c(F)c1. The maximum Gasteiger partial charge on any atom is 0.227 e. The number of rotatable bonds is 7. The standard InChI is InChI=1S/C25H24F2N6/c26-19-7-8-22(21(27)14-19)31-25-30-16-18-4-3-5-20(24(18)32-25)17-6-9-23(29-15-17)28-10-13-33-11-1-2-12-33/h3-9,14-16H,1-2,10-13H2,(H,28,29)(H,30,31,32). The molecule has 8 heteroatoms. The molecule has 5 rings (SSSR count). The Bertz CT molecular complexity index is 1260. The second-order valence-corrected chi connectivity index (χ2v) is 8.09. The molecule has 0 saturated carbocycles. The molecule has 0 radical (unpaired) electrons. The van der Waals surface area contributed by atoms with Gasteiger partial charge in [0.25, 0.3) is 0 Å². The highest BCUT2D eigenvalue weighted by atomic mass is 19.1. The minimum atomic E-state index is -0.705. The van der Waals surface area contributed by atoms with Crippen LogP contribution in [0.15, 0.2) is 60.9 Å². The van der Waals surface area contributed by atoms with Crippen LogP contribution in [0, 0.1) is 11.6 Å². The number of nitrogens with zero attached hydrogens (tertiary/aromatic N) is 4. The van der Waals surface area contributed by atoms with E-state index in [2.05, 4.69) is 30.5 Å². The molecule has 0 unspecified atom stereocenters. The maximum absolute atomic E-state index is 14.0. The van der Waals surface area contributed by atoms with Crippen LogP contribution < -0.4 is 10.6 Å². The molecule has 0 spiro atoms. The van der Waals surface area contributed by atoms with E-state index in [4.69, 9.17) is 0 Å². The van der Waals surface area contributed by atoms with Crippen molar-refractivity contribution in [2.24, 2.45) is 0 Å². The molecule has 168 valence electrons. The first-order chi connectivity index (χ1) is 16.2. The molecule has 2 aromatic heterocycles. The quantitative estimate of drug-likeness (QED) is 0.406. The van der Waals surface area contributed by atoms with E-state index in [1.807, 2.05) is 36.5 Å². The number of benzene rings is 2. The third kappa shape index (κ3) is 4.90. The highest BCUT2D eigenvalue weighted by Gasteiger charge is 2.12. The van der Waals surface area contributed by atoms with Gasteiger partial charge in [-0.15, -0.1) is 0 Å². The first-order valence-electron chi connectivity index (χ1n) is 11.1. The second-order valence-electron chi connectivity index (χ2n) is 8.09. The number of aromatic nitrogens is 3. The molecule has 0 bridgehead atoms. The maximum atomic E-state index is 14.0. The van der Waals surface area contributed by atoms with Crippen molar-refractivity contribution in [3.05, 3.63) is 72.6 Å². The van der Waals surface area contributed by atoms with E-state index in [0.717, 1.165) is 41.5 Å². The average Bonchev–Trinajstić information content (AvgIpc) is 3.35. The summed E-state index contributed by atoms with van der Waals surface area (Å²) in [5, 5.41) is 7.07. The van der Waals surface area contributed by atoms with Gasteiger partial charge in [-0.05, 0) is 50.2 Å². The molecule has 1 fully saturated rings. The van der Waals surface area contributed by atoms with E-state index in [1.54, 1.807) is 6.20 Å². The molecule has 1 saturated heterocycles. The molecule has 0 atom stereocenters. The van der Waals surface area contributed by atoms with Crippen LogP contribution in [0.2, 0.25) is 0 Å². The van der Waals surface area contributed by atoms with Crippen LogP contribution in [0.5, 0.6) is 0 Å². The van der Waals surface area contributed by atoms with Gasteiger partial charge in [0.15, 0.2) is 0 Å². The largest absolute Gasteiger partial charge is 0.369 e. The number of nitrogens with one attached hydrogen (secondary N) is 2. The van der Waals surface area contributed by atoms with Crippen molar-refractivity contribution in [2.45, 2.75) is 12.8 Å². The van der Waals surface area contributed by atoms with Gasteiger partial charge in [0.2, 0.25) is 5.95 Å². The van der Waals surface area contributed by atoms with E-state index in [1.165, 1.54) is 38.1 Å². The lowest BCUT2D eigenvalue weighted by Crippen LogP contribution is -2.26. The first kappa shape index (κ1) is 21.2. The highest BCUT2D eigenvalue weighted by molar-refractivity contribution is 5.93. The monoisotopic (exact) mass is 446 g/mol. The zero-order valence-electron chi connectivity index (χ0n) is 18.1. The van der Waals surface area contributed by atoms with Crippen LogP contribution in [-0.2, 0) is 0 Å². The summed E-state index contributed by atoms with van der Waals surface area (Å²) < 4.78 is 27.2. The molecular weight excluding hydrogens is 422 g/mol. The van der Waals surface area contributed by atoms with Crippen LogP contribution in [0.25, 0.3) is 22.0 Å². The van der Waals surface area contributed by atoms with E-state index in [-0.39, 0.29) is 11.6 Å². The predicted molar refractivity (Wildman–Crippen MR) is 127 cm³/mol. The summed E-state index contributed by atoms with van der Waals surface area (Å²) >= 11 is 0. The molecule has 6 nitrogen and oxygen atoms in total. The van der Waals surface area contributed by atoms with E-state index in [0.29, 0.717) is 5.52 Å². The molecule has 3 heterocycles. The van der Waals surface area contributed by atoms with E-state index < -0.39 is 11.6 Å². The van der Waals surface area contributed by atoms with E-state index >= 15 is 0 Å². The molecule has 2 N–H and O–H groups in total. The number of likely N-dealkylation sites (tertiary alicyclic amines) is 1. The second kappa shape index (κ2) is 9.46. The summed E-state index contributed by atoms with van der Waals surface area (Å²) in [6.07, 6.45) is 6.08. The Labute approximate surface area is 190 Å². The zero-order valence-corrected chi connectivity index (χ0v) is 18.1. The van der Waals surface area contributed by atoms with Gasteiger partial charge in [-0.2, -0.15) is 0 Å². The Balaban J connectivity index is 1.35. The summed E-state index contributed by atoms with van der Waals surface area (Å²) in [5.74, 6) is -0.277. The lowest BCUT2D eigenvalue weighted by molar-refractivity contribution is 0.352. The van der Waals surface area contributed by atoms with Crippen LogP contribution in [0.3, 0.4) is 0 Å². The number of para-hydroxylation sites is 1. The van der Waals surface area contributed by atoms with Gasteiger partial charge in [-0.3, -0.25) is 0 Å². The topological polar surface area (TPSA) is 66.0 Å². The third-order valence-electron chi connectivity index (χ3n) is 5.80. The fourth-order valence-corrected chi connectivity index (χ4v) is 4.07. The van der Waals surface area contributed by atoms with Crippen LogP contribution in [-0.4, -0.2) is 46.0 Å². The van der Waals surface area contributed by atoms with Gasteiger partial charge in [0.1, 0.15) is 17.5 Å². The van der Waals surface area contributed by atoms with Gasteiger partial charge in [-0.25, -0.2) is 23.7 Å². The molecule has 1 aliphatic heterocycles. The van der Waals surface area contributed by atoms with Gasteiger partial charge in [0, 0.05) is 48.1 Å². The summed E-state index contributed by atoms with van der Waals surface area (Å²) in [4.78, 5) is 15.9. The fraction of sp³-hybridized carbons (Fsp3) is 0.240. The molecule has 4 aromatic rings. The summed E-state index contributed by atoms with van der Waals surface area (Å²) in [5.41, 5.74) is 2.64. The normalized spacial score (nSPS) is 14.0. The lowest BCUT2D eigenvalue weighted by Gasteiger charge is -2.15. The number of halogens is 2.